The van der Waals surface area contributed by atoms with Gasteiger partial charge in [0.2, 0.25) is 5.91 Å². The Morgan fingerprint density at radius 1 is 1.05 bits per heavy atom. The Labute approximate surface area is 119 Å². The van der Waals surface area contributed by atoms with Crippen molar-refractivity contribution >= 4 is 5.91 Å². The van der Waals surface area contributed by atoms with Gasteiger partial charge in [0.05, 0.1) is 6.04 Å². The molecule has 2 atom stereocenters. The highest BCUT2D eigenvalue weighted by molar-refractivity contribution is 5.79. The second-order valence-corrected chi connectivity index (χ2v) is 4.94. The summed E-state index contributed by atoms with van der Waals surface area (Å²) in [6.45, 7) is 1.79. The summed E-state index contributed by atoms with van der Waals surface area (Å²) in [5.41, 5.74) is 7.74. The number of nitrogens with one attached hydrogen (secondary N) is 1. The fourth-order valence-corrected chi connectivity index (χ4v) is 2.19. The molecular formula is C17H20N2O. The van der Waals surface area contributed by atoms with E-state index < -0.39 is 0 Å². The molecule has 20 heavy (non-hydrogen) atoms. The molecule has 1 amide bonds. The van der Waals surface area contributed by atoms with Crippen LogP contribution in [0.2, 0.25) is 0 Å². The van der Waals surface area contributed by atoms with Crippen molar-refractivity contribution in [2.45, 2.75) is 25.4 Å². The smallest absolute Gasteiger partial charge is 0.234 e. The molecule has 0 aliphatic rings. The topological polar surface area (TPSA) is 55.1 Å². The minimum atomic E-state index is -0.357. The highest BCUT2D eigenvalue weighted by Crippen LogP contribution is 2.19. The lowest BCUT2D eigenvalue weighted by Gasteiger charge is -2.22. The van der Waals surface area contributed by atoms with Crippen molar-refractivity contribution in [1.29, 1.82) is 0 Å². The molecular weight excluding hydrogens is 248 g/mol. The number of hydrogen-bond acceptors (Lipinski definition) is 2. The summed E-state index contributed by atoms with van der Waals surface area (Å²) in [7, 11) is 0. The van der Waals surface area contributed by atoms with Gasteiger partial charge in [-0.3, -0.25) is 10.1 Å². The van der Waals surface area contributed by atoms with E-state index in [1.165, 1.54) is 5.56 Å². The van der Waals surface area contributed by atoms with Crippen LogP contribution in [0.15, 0.2) is 60.7 Å². The Balaban J connectivity index is 2.18. The van der Waals surface area contributed by atoms with Gasteiger partial charge in [-0.1, -0.05) is 60.7 Å². The van der Waals surface area contributed by atoms with Gasteiger partial charge in [-0.05, 0) is 24.5 Å². The quantitative estimate of drug-likeness (QED) is 0.845. The van der Waals surface area contributed by atoms with Crippen LogP contribution in [0.5, 0.6) is 0 Å². The average molecular weight is 268 g/mol. The highest BCUT2D eigenvalue weighted by Gasteiger charge is 2.17. The summed E-state index contributed by atoms with van der Waals surface area (Å²) in [6.07, 6.45) is 0.822. The predicted molar refractivity (Wildman–Crippen MR) is 81.1 cm³/mol. The summed E-state index contributed by atoms with van der Waals surface area (Å²) < 4.78 is 0. The summed E-state index contributed by atoms with van der Waals surface area (Å²) in [5.74, 6) is -0.334. The van der Waals surface area contributed by atoms with E-state index in [1.807, 2.05) is 36.4 Å². The molecule has 0 aromatic heterocycles. The van der Waals surface area contributed by atoms with Crippen molar-refractivity contribution in [3.05, 3.63) is 71.8 Å². The molecule has 3 heteroatoms. The first-order valence-electron chi connectivity index (χ1n) is 6.81. The molecule has 0 radical (unpaired) electrons. The maximum Gasteiger partial charge on any atom is 0.234 e. The maximum atomic E-state index is 11.3. The number of carbonyl (C=O) groups excluding carboxylic acids is 1. The van der Waals surface area contributed by atoms with Crippen LogP contribution >= 0.6 is 0 Å². The van der Waals surface area contributed by atoms with Crippen LogP contribution in [0.25, 0.3) is 0 Å². The van der Waals surface area contributed by atoms with Crippen LogP contribution in [0.3, 0.4) is 0 Å². The summed E-state index contributed by atoms with van der Waals surface area (Å²) >= 11 is 0. The van der Waals surface area contributed by atoms with Gasteiger partial charge in [0.25, 0.3) is 0 Å². The number of hydrogen-bond donors (Lipinski definition) is 2. The first-order chi connectivity index (χ1) is 9.66. The predicted octanol–water partition coefficient (Wildman–Crippen LogP) is 2.43. The average Bonchev–Trinajstić information content (AvgIpc) is 2.48. The second-order valence-electron chi connectivity index (χ2n) is 4.94. The summed E-state index contributed by atoms with van der Waals surface area (Å²) in [6, 6.07) is 20.1. The van der Waals surface area contributed by atoms with Crippen LogP contribution < -0.4 is 11.1 Å². The molecule has 2 aromatic rings. The number of carbonyl (C=O) groups is 1. The Morgan fingerprint density at radius 2 is 1.60 bits per heavy atom. The molecule has 0 unspecified atom stereocenters. The third-order valence-electron chi connectivity index (χ3n) is 3.36. The normalized spacial score (nSPS) is 13.7. The second kappa shape index (κ2) is 6.87. The number of nitrogens with two attached hydrogens (primary N) is 1. The Kier molecular flexibility index (Phi) is 4.91. The molecule has 0 saturated carbocycles. The van der Waals surface area contributed by atoms with Crippen LogP contribution in [-0.4, -0.2) is 11.9 Å². The first-order valence-corrected chi connectivity index (χ1v) is 6.81. The molecule has 0 fully saturated rings. The summed E-state index contributed by atoms with van der Waals surface area (Å²) in [4.78, 5) is 11.3. The first kappa shape index (κ1) is 14.3. The Bertz CT molecular complexity index is 539. The van der Waals surface area contributed by atoms with Gasteiger partial charge < -0.3 is 5.73 Å². The van der Waals surface area contributed by atoms with E-state index in [9.17, 15) is 4.79 Å². The SMILES string of the molecule is C[C@H](N[C@@H](Cc1ccccc1)c1ccccc1)C(N)=O. The molecule has 0 heterocycles. The molecule has 0 aliphatic carbocycles. The van der Waals surface area contributed by atoms with Gasteiger partial charge in [-0.25, -0.2) is 0 Å². The van der Waals surface area contributed by atoms with Crippen molar-refractivity contribution in [2.75, 3.05) is 0 Å². The third kappa shape index (κ3) is 3.93. The van der Waals surface area contributed by atoms with Crippen molar-refractivity contribution < 1.29 is 4.79 Å². The van der Waals surface area contributed by atoms with E-state index in [-0.39, 0.29) is 18.0 Å². The van der Waals surface area contributed by atoms with Crippen LogP contribution in [0, 0.1) is 0 Å². The zero-order valence-corrected chi connectivity index (χ0v) is 11.6. The lowest BCUT2D eigenvalue weighted by Crippen LogP contribution is -2.41. The van der Waals surface area contributed by atoms with Gasteiger partial charge in [0.15, 0.2) is 0 Å². The Hall–Kier alpha value is -2.13. The van der Waals surface area contributed by atoms with Gasteiger partial charge in [0, 0.05) is 6.04 Å². The number of amides is 1. The van der Waals surface area contributed by atoms with Crippen molar-refractivity contribution in [2.24, 2.45) is 5.73 Å². The molecule has 0 saturated heterocycles. The van der Waals surface area contributed by atoms with E-state index in [0.717, 1.165) is 12.0 Å². The highest BCUT2D eigenvalue weighted by atomic mass is 16.1. The van der Waals surface area contributed by atoms with Crippen molar-refractivity contribution in [1.82, 2.24) is 5.32 Å². The molecule has 3 nitrogen and oxygen atoms in total. The largest absolute Gasteiger partial charge is 0.368 e. The number of benzene rings is 2. The van der Waals surface area contributed by atoms with Crippen molar-refractivity contribution in [3.8, 4) is 0 Å². The lowest BCUT2D eigenvalue weighted by molar-refractivity contribution is -0.119. The minimum absolute atomic E-state index is 0.0705. The zero-order chi connectivity index (χ0) is 14.4. The molecule has 2 rings (SSSR count). The van der Waals surface area contributed by atoms with Crippen LogP contribution in [0.1, 0.15) is 24.1 Å². The van der Waals surface area contributed by atoms with Crippen LogP contribution in [0.4, 0.5) is 0 Å². The third-order valence-corrected chi connectivity index (χ3v) is 3.36. The Morgan fingerprint density at radius 3 is 2.15 bits per heavy atom. The fourth-order valence-electron chi connectivity index (χ4n) is 2.19. The lowest BCUT2D eigenvalue weighted by atomic mass is 9.98. The minimum Gasteiger partial charge on any atom is -0.368 e. The van der Waals surface area contributed by atoms with E-state index >= 15 is 0 Å². The molecule has 104 valence electrons. The molecule has 0 bridgehead atoms. The maximum absolute atomic E-state index is 11.3. The molecule has 3 N–H and O–H groups in total. The van der Waals surface area contributed by atoms with Gasteiger partial charge in [0.1, 0.15) is 0 Å². The van der Waals surface area contributed by atoms with Gasteiger partial charge in [-0.2, -0.15) is 0 Å². The monoisotopic (exact) mass is 268 g/mol. The van der Waals surface area contributed by atoms with Gasteiger partial charge in [-0.15, -0.1) is 0 Å². The standard InChI is InChI=1S/C17H20N2O/c1-13(17(18)20)19-16(15-10-6-3-7-11-15)12-14-8-4-2-5-9-14/h2-11,13,16,19H,12H2,1H3,(H2,18,20)/t13-,16-/m0/s1. The molecule has 0 aliphatic heterocycles. The number of primary amides is 1. The van der Waals surface area contributed by atoms with E-state index in [0.29, 0.717) is 0 Å². The van der Waals surface area contributed by atoms with Crippen molar-refractivity contribution in [3.63, 3.8) is 0 Å². The zero-order valence-electron chi connectivity index (χ0n) is 11.6. The van der Waals surface area contributed by atoms with E-state index in [4.69, 9.17) is 5.73 Å². The van der Waals surface area contributed by atoms with E-state index in [2.05, 4.69) is 29.6 Å². The fraction of sp³-hybridized carbons (Fsp3) is 0.235. The van der Waals surface area contributed by atoms with Gasteiger partial charge >= 0.3 is 0 Å². The van der Waals surface area contributed by atoms with E-state index in [1.54, 1.807) is 6.92 Å². The molecule has 0 spiro atoms. The summed E-state index contributed by atoms with van der Waals surface area (Å²) in [5, 5.41) is 3.31. The van der Waals surface area contributed by atoms with Crippen LogP contribution in [-0.2, 0) is 11.2 Å². The number of rotatable bonds is 6. The molecule has 2 aromatic carbocycles.